The molecule has 204 valence electrons. The minimum absolute atomic E-state index is 0.118. The van der Waals surface area contributed by atoms with Gasteiger partial charge < -0.3 is 9.72 Å². The molecule has 4 aliphatic rings. The lowest BCUT2D eigenvalue weighted by Crippen LogP contribution is -2.40. The third-order valence-corrected chi connectivity index (χ3v) is 9.90. The molecule has 0 spiro atoms. The van der Waals surface area contributed by atoms with Crippen LogP contribution in [0.25, 0.3) is 11.2 Å². The topological polar surface area (TPSA) is 136 Å². The normalized spacial score (nSPS) is 28.1. The fourth-order valence-electron chi connectivity index (χ4n) is 7.54. The van der Waals surface area contributed by atoms with Gasteiger partial charge in [0.25, 0.3) is 15.7 Å². The number of fused-ring (bicyclic) bond motifs is 1. The second-order valence-electron chi connectivity index (χ2n) is 11.3. The third kappa shape index (κ3) is 3.89. The number of imidazole rings is 1. The maximum atomic E-state index is 13.2. The van der Waals surface area contributed by atoms with Gasteiger partial charge in [-0.3, -0.25) is 18.5 Å². The Morgan fingerprint density at radius 2 is 1.68 bits per heavy atom. The van der Waals surface area contributed by atoms with E-state index in [0.717, 1.165) is 43.5 Å². The largest absolute Gasteiger partial charge is 0.373 e. The second kappa shape index (κ2) is 9.17. The molecule has 10 nitrogen and oxygen atoms in total. The number of hydrogen-bond acceptors (Lipinski definition) is 6. The molecule has 4 bridgehead atoms. The van der Waals surface area contributed by atoms with Gasteiger partial charge in [0.15, 0.2) is 5.65 Å². The summed E-state index contributed by atoms with van der Waals surface area (Å²) in [5.41, 5.74) is 1.08. The van der Waals surface area contributed by atoms with Crippen LogP contribution in [-0.4, -0.2) is 38.2 Å². The number of nitrogens with zero attached hydrogens (tertiary/aromatic N) is 3. The van der Waals surface area contributed by atoms with Crippen molar-refractivity contribution in [2.45, 2.75) is 88.5 Å². The van der Waals surface area contributed by atoms with Crippen LogP contribution in [-0.2, 0) is 40.0 Å². The van der Waals surface area contributed by atoms with Gasteiger partial charge in [0.05, 0.1) is 17.6 Å². The lowest BCUT2D eigenvalue weighted by molar-refractivity contribution is -0.0584. The van der Waals surface area contributed by atoms with E-state index in [4.69, 9.17) is 9.72 Å². The Morgan fingerprint density at radius 1 is 1.05 bits per heavy atom. The predicted octanol–water partition coefficient (Wildman–Crippen LogP) is 3.23. The summed E-state index contributed by atoms with van der Waals surface area (Å²) in [5, 5.41) is 0. The highest BCUT2D eigenvalue weighted by Crippen LogP contribution is 2.66. The van der Waals surface area contributed by atoms with Crippen molar-refractivity contribution >= 4 is 21.3 Å². The summed E-state index contributed by atoms with van der Waals surface area (Å²) in [6.45, 7) is 5.26. The molecule has 2 atom stereocenters. The minimum atomic E-state index is -4.21. The van der Waals surface area contributed by atoms with Crippen LogP contribution < -0.4 is 11.2 Å². The van der Waals surface area contributed by atoms with Gasteiger partial charge in [-0.1, -0.05) is 26.0 Å². The van der Waals surface area contributed by atoms with E-state index in [0.29, 0.717) is 55.0 Å². The first-order valence-electron chi connectivity index (χ1n) is 13.6. The summed E-state index contributed by atoms with van der Waals surface area (Å²) in [6.07, 6.45) is 5.55. The van der Waals surface area contributed by atoms with E-state index in [1.54, 1.807) is 16.7 Å². The molecule has 2 aromatic heterocycles. The number of ether oxygens (including phenoxy) is 1. The zero-order valence-corrected chi connectivity index (χ0v) is 22.5. The van der Waals surface area contributed by atoms with Crippen LogP contribution >= 0.6 is 0 Å². The number of aromatic amines is 1. The summed E-state index contributed by atoms with van der Waals surface area (Å²) in [4.78, 5) is 34.6. The molecule has 1 aromatic carbocycles. The Morgan fingerprint density at radius 3 is 2.29 bits per heavy atom. The van der Waals surface area contributed by atoms with Crippen molar-refractivity contribution < 1.29 is 17.7 Å². The highest BCUT2D eigenvalue weighted by molar-refractivity contribution is 7.85. The van der Waals surface area contributed by atoms with Crippen molar-refractivity contribution in [2.75, 3.05) is 0 Å². The molecule has 0 aliphatic heterocycles. The van der Waals surface area contributed by atoms with E-state index < -0.39 is 10.1 Å². The van der Waals surface area contributed by atoms with Crippen LogP contribution in [0.3, 0.4) is 0 Å². The molecular formula is C27H34N4O6S. The molecule has 38 heavy (non-hydrogen) atoms. The molecule has 0 saturated heterocycles. The minimum Gasteiger partial charge on any atom is -0.373 e. The monoisotopic (exact) mass is 542 g/mol. The van der Waals surface area contributed by atoms with Gasteiger partial charge in [-0.15, -0.1) is 0 Å². The second-order valence-corrected chi connectivity index (χ2v) is 12.7. The molecule has 2 N–H and O–H groups in total. The van der Waals surface area contributed by atoms with Crippen LogP contribution in [0.4, 0.5) is 0 Å². The van der Waals surface area contributed by atoms with Crippen molar-refractivity contribution in [1.82, 2.24) is 19.1 Å². The highest BCUT2D eigenvalue weighted by atomic mass is 32.2. The quantitative estimate of drug-likeness (QED) is 0.396. The van der Waals surface area contributed by atoms with Crippen LogP contribution in [0.1, 0.15) is 63.8 Å². The van der Waals surface area contributed by atoms with Crippen molar-refractivity contribution in [3.05, 3.63) is 56.5 Å². The van der Waals surface area contributed by atoms with E-state index in [9.17, 15) is 22.6 Å². The molecular weight excluding hydrogens is 508 g/mol. The first-order valence-corrected chi connectivity index (χ1v) is 15.0. The molecule has 4 aliphatic carbocycles. The van der Waals surface area contributed by atoms with Crippen LogP contribution in [0.15, 0.2) is 38.8 Å². The van der Waals surface area contributed by atoms with Gasteiger partial charge >= 0.3 is 5.69 Å². The predicted molar refractivity (Wildman–Crippen MR) is 141 cm³/mol. The Labute approximate surface area is 220 Å². The number of H-pyrrole nitrogens is 1. The number of aromatic nitrogens is 4. The Kier molecular flexibility index (Phi) is 6.16. The van der Waals surface area contributed by atoms with E-state index in [1.165, 1.54) is 16.7 Å². The van der Waals surface area contributed by atoms with Gasteiger partial charge in [0.1, 0.15) is 11.3 Å². The average Bonchev–Trinajstić information content (AvgIpc) is 3.53. The summed E-state index contributed by atoms with van der Waals surface area (Å²) in [6, 6.07) is 6.13. The smallest absolute Gasteiger partial charge is 0.332 e. The number of benzene rings is 1. The molecule has 11 heteroatoms. The number of hydrogen-bond donors (Lipinski definition) is 2. The maximum absolute atomic E-state index is 13.2. The molecule has 4 saturated carbocycles. The first kappa shape index (κ1) is 25.5. The first-order chi connectivity index (χ1) is 18.2. The van der Waals surface area contributed by atoms with Crippen molar-refractivity contribution in [1.29, 1.82) is 0 Å². The Balaban J connectivity index is 1.26. The average molecular weight is 543 g/mol. The fourth-order valence-corrected chi connectivity index (χ4v) is 8.02. The van der Waals surface area contributed by atoms with Gasteiger partial charge in [0, 0.05) is 18.5 Å². The standard InChI is InChI=1S/C27H34N4O6S/c1-3-9-30-23-21(24(32)31(10-4-2)26(30)33)28-25(29-23)27-13-17-11-19(27)12-18(14-27)22(17)37-15-16-5-7-20(8-6-16)38(34,35)36/h5-8,17-19,22H,3-4,9-15H2,1-2H3,(H,28,29)(H,34,35,36). The molecule has 4 fully saturated rings. The van der Waals surface area contributed by atoms with Gasteiger partial charge in [-0.05, 0) is 74.0 Å². The van der Waals surface area contributed by atoms with Crippen LogP contribution in [0.5, 0.6) is 0 Å². The third-order valence-electron chi connectivity index (χ3n) is 9.03. The number of nitrogens with one attached hydrogen (secondary N) is 1. The molecule has 0 radical (unpaired) electrons. The van der Waals surface area contributed by atoms with Gasteiger partial charge in [-0.25, -0.2) is 9.78 Å². The molecule has 7 rings (SSSR count). The van der Waals surface area contributed by atoms with Crippen LogP contribution in [0, 0.1) is 17.8 Å². The molecule has 2 heterocycles. The highest BCUT2D eigenvalue weighted by Gasteiger charge is 2.64. The zero-order chi connectivity index (χ0) is 26.8. The molecule has 2 unspecified atom stereocenters. The summed E-state index contributed by atoms with van der Waals surface area (Å²) >= 11 is 0. The van der Waals surface area contributed by atoms with Crippen molar-refractivity contribution in [3.63, 3.8) is 0 Å². The summed E-state index contributed by atoms with van der Waals surface area (Å²) in [7, 11) is -4.21. The van der Waals surface area contributed by atoms with Crippen molar-refractivity contribution in [3.8, 4) is 0 Å². The summed E-state index contributed by atoms with van der Waals surface area (Å²) < 4.78 is 41.2. The summed E-state index contributed by atoms with van der Waals surface area (Å²) in [5.74, 6) is 2.08. The molecule has 0 amide bonds. The SMILES string of the molecule is CCCn1c(=O)c2[nH]c(C34CC5CC3CC(C4)C5OCc3ccc(S(=O)(=O)O)cc3)nc2n(CCC)c1=O. The Bertz CT molecular complexity index is 1590. The zero-order valence-electron chi connectivity index (χ0n) is 21.7. The lowest BCUT2D eigenvalue weighted by atomic mass is 9.73. The number of rotatable bonds is 9. The van der Waals surface area contributed by atoms with E-state index in [2.05, 4.69) is 4.98 Å². The van der Waals surface area contributed by atoms with Gasteiger partial charge in [-0.2, -0.15) is 8.42 Å². The van der Waals surface area contributed by atoms with Gasteiger partial charge in [0.2, 0.25) is 0 Å². The van der Waals surface area contributed by atoms with Crippen molar-refractivity contribution in [2.24, 2.45) is 17.8 Å². The molecule has 3 aromatic rings. The maximum Gasteiger partial charge on any atom is 0.332 e. The van der Waals surface area contributed by atoms with Crippen LogP contribution in [0.2, 0.25) is 0 Å². The fraction of sp³-hybridized carbons (Fsp3) is 0.593. The van der Waals surface area contributed by atoms with E-state index >= 15 is 0 Å². The Hall–Kier alpha value is -2.76. The van der Waals surface area contributed by atoms with E-state index in [-0.39, 0.29) is 27.7 Å². The van der Waals surface area contributed by atoms with E-state index in [1.807, 2.05) is 13.8 Å². The lowest BCUT2D eigenvalue weighted by Gasteiger charge is -2.37. The number of aryl methyl sites for hydroxylation is 1.